The molecular weight excluding hydrogens is 267 g/mol. The molecule has 0 saturated heterocycles. The van der Waals surface area contributed by atoms with Crippen LogP contribution >= 0.6 is 0 Å². The van der Waals surface area contributed by atoms with Gasteiger partial charge in [0.15, 0.2) is 0 Å². The summed E-state index contributed by atoms with van der Waals surface area (Å²) >= 11 is 0. The third-order valence-corrected chi connectivity index (χ3v) is 3.28. The lowest BCUT2D eigenvalue weighted by Gasteiger charge is -2.21. The summed E-state index contributed by atoms with van der Waals surface area (Å²) in [6, 6.07) is 11.8. The Hall–Kier alpha value is -2.36. The number of amides is 1. The lowest BCUT2D eigenvalue weighted by Crippen LogP contribution is -2.30. The zero-order valence-electron chi connectivity index (χ0n) is 12.3. The van der Waals surface area contributed by atoms with E-state index in [1.165, 1.54) is 12.1 Å². The van der Waals surface area contributed by atoms with Gasteiger partial charge < -0.3 is 10.6 Å². The number of hydrogen-bond donors (Lipinski definition) is 1. The largest absolute Gasteiger partial charge is 0.399 e. The number of anilines is 1. The minimum absolute atomic E-state index is 0.178. The Kier molecular flexibility index (Phi) is 4.58. The lowest BCUT2D eigenvalue weighted by molar-refractivity contribution is 0.0752. The normalized spacial score (nSPS) is 10.4. The van der Waals surface area contributed by atoms with E-state index in [-0.39, 0.29) is 5.91 Å². The SMILES string of the molecule is CCN(Cc1cccc(N)c1)C(=O)c1cc(C)cc(F)c1. The number of halogens is 1. The van der Waals surface area contributed by atoms with Crippen LogP contribution in [-0.2, 0) is 6.54 Å². The summed E-state index contributed by atoms with van der Waals surface area (Å²) < 4.78 is 13.4. The van der Waals surface area contributed by atoms with Crippen molar-refractivity contribution >= 4 is 11.6 Å². The van der Waals surface area contributed by atoms with Crippen molar-refractivity contribution in [3.05, 3.63) is 65.0 Å². The number of nitrogens with zero attached hydrogens (tertiary/aromatic N) is 1. The first-order valence-corrected chi connectivity index (χ1v) is 6.90. The quantitative estimate of drug-likeness (QED) is 0.876. The second kappa shape index (κ2) is 6.39. The Balaban J connectivity index is 2.22. The van der Waals surface area contributed by atoms with Crippen LogP contribution < -0.4 is 5.73 Å². The van der Waals surface area contributed by atoms with Gasteiger partial charge in [-0.1, -0.05) is 12.1 Å². The first-order valence-electron chi connectivity index (χ1n) is 6.90. The van der Waals surface area contributed by atoms with Crippen molar-refractivity contribution in [2.24, 2.45) is 0 Å². The average Bonchev–Trinajstić information content (AvgIpc) is 2.43. The van der Waals surface area contributed by atoms with Crippen molar-refractivity contribution in [2.45, 2.75) is 20.4 Å². The Morgan fingerprint density at radius 1 is 1.24 bits per heavy atom. The van der Waals surface area contributed by atoms with Gasteiger partial charge in [-0.3, -0.25) is 4.79 Å². The summed E-state index contributed by atoms with van der Waals surface area (Å²) in [6.45, 7) is 4.67. The minimum Gasteiger partial charge on any atom is -0.399 e. The molecule has 0 aliphatic rings. The Morgan fingerprint density at radius 3 is 2.62 bits per heavy atom. The zero-order chi connectivity index (χ0) is 15.4. The van der Waals surface area contributed by atoms with Crippen LogP contribution in [0.25, 0.3) is 0 Å². The van der Waals surface area contributed by atoms with Gasteiger partial charge in [-0.25, -0.2) is 4.39 Å². The molecule has 2 aromatic rings. The number of nitrogen functional groups attached to an aromatic ring is 1. The zero-order valence-corrected chi connectivity index (χ0v) is 12.3. The smallest absolute Gasteiger partial charge is 0.254 e. The molecule has 0 aliphatic heterocycles. The first kappa shape index (κ1) is 15.0. The number of carbonyl (C=O) groups excluding carboxylic acids is 1. The molecule has 0 radical (unpaired) electrons. The molecule has 0 aliphatic carbocycles. The number of hydrogen-bond acceptors (Lipinski definition) is 2. The number of benzene rings is 2. The van der Waals surface area contributed by atoms with E-state index in [4.69, 9.17) is 5.73 Å². The van der Waals surface area contributed by atoms with Gasteiger partial charge in [-0.05, 0) is 55.3 Å². The van der Waals surface area contributed by atoms with Crippen molar-refractivity contribution in [1.29, 1.82) is 0 Å². The molecular formula is C17H19FN2O. The highest BCUT2D eigenvalue weighted by molar-refractivity contribution is 5.94. The molecule has 0 saturated carbocycles. The fourth-order valence-corrected chi connectivity index (χ4v) is 2.28. The number of rotatable bonds is 4. The van der Waals surface area contributed by atoms with Crippen molar-refractivity contribution in [3.63, 3.8) is 0 Å². The Morgan fingerprint density at radius 2 is 2.00 bits per heavy atom. The van der Waals surface area contributed by atoms with Gasteiger partial charge in [0.1, 0.15) is 5.82 Å². The molecule has 0 spiro atoms. The second-order valence-electron chi connectivity index (χ2n) is 5.08. The monoisotopic (exact) mass is 286 g/mol. The average molecular weight is 286 g/mol. The van der Waals surface area contributed by atoms with Crippen molar-refractivity contribution in [1.82, 2.24) is 4.90 Å². The van der Waals surface area contributed by atoms with E-state index >= 15 is 0 Å². The standard InChI is InChI=1S/C17H19FN2O/c1-3-20(11-13-5-4-6-16(19)9-13)17(21)14-7-12(2)8-15(18)10-14/h4-10H,3,11,19H2,1-2H3. The van der Waals surface area contributed by atoms with Crippen LogP contribution in [0.5, 0.6) is 0 Å². The van der Waals surface area contributed by atoms with Crippen LogP contribution in [-0.4, -0.2) is 17.4 Å². The molecule has 1 amide bonds. The van der Waals surface area contributed by atoms with Crippen LogP contribution in [0.4, 0.5) is 10.1 Å². The summed E-state index contributed by atoms with van der Waals surface area (Å²) in [5.74, 6) is -0.569. The van der Waals surface area contributed by atoms with E-state index in [1.54, 1.807) is 24.0 Å². The molecule has 0 aromatic heterocycles. The topological polar surface area (TPSA) is 46.3 Å². The predicted molar refractivity (Wildman–Crippen MR) is 82.4 cm³/mol. The molecule has 21 heavy (non-hydrogen) atoms. The van der Waals surface area contributed by atoms with Crippen molar-refractivity contribution in [2.75, 3.05) is 12.3 Å². The van der Waals surface area contributed by atoms with Gasteiger partial charge in [0.25, 0.3) is 5.91 Å². The molecule has 0 heterocycles. The summed E-state index contributed by atoms with van der Waals surface area (Å²) in [5.41, 5.74) is 8.48. The summed E-state index contributed by atoms with van der Waals surface area (Å²) in [4.78, 5) is 14.2. The van der Waals surface area contributed by atoms with E-state index in [0.717, 1.165) is 11.1 Å². The van der Waals surface area contributed by atoms with Crippen LogP contribution in [0.2, 0.25) is 0 Å². The third kappa shape index (κ3) is 3.81. The number of aryl methyl sites for hydroxylation is 1. The highest BCUT2D eigenvalue weighted by Gasteiger charge is 2.15. The van der Waals surface area contributed by atoms with Crippen LogP contribution in [0, 0.1) is 12.7 Å². The molecule has 0 fully saturated rings. The molecule has 0 bridgehead atoms. The molecule has 2 aromatic carbocycles. The van der Waals surface area contributed by atoms with Crippen molar-refractivity contribution < 1.29 is 9.18 Å². The number of carbonyl (C=O) groups is 1. The van der Waals surface area contributed by atoms with Gasteiger partial charge in [0, 0.05) is 24.3 Å². The number of nitrogens with two attached hydrogens (primary N) is 1. The highest BCUT2D eigenvalue weighted by atomic mass is 19.1. The molecule has 0 unspecified atom stereocenters. The molecule has 2 N–H and O–H groups in total. The highest BCUT2D eigenvalue weighted by Crippen LogP contribution is 2.15. The van der Waals surface area contributed by atoms with E-state index in [9.17, 15) is 9.18 Å². The van der Waals surface area contributed by atoms with Crippen LogP contribution in [0.15, 0.2) is 42.5 Å². The maximum absolute atomic E-state index is 13.4. The molecule has 3 nitrogen and oxygen atoms in total. The van der Waals surface area contributed by atoms with Gasteiger partial charge in [0.2, 0.25) is 0 Å². The fourth-order valence-electron chi connectivity index (χ4n) is 2.28. The van der Waals surface area contributed by atoms with Gasteiger partial charge >= 0.3 is 0 Å². The maximum Gasteiger partial charge on any atom is 0.254 e. The lowest BCUT2D eigenvalue weighted by atomic mass is 10.1. The van der Waals surface area contributed by atoms with Gasteiger partial charge in [0.05, 0.1) is 0 Å². The Bertz CT molecular complexity index is 635. The maximum atomic E-state index is 13.4. The minimum atomic E-state index is -0.390. The second-order valence-corrected chi connectivity index (χ2v) is 5.08. The molecule has 110 valence electrons. The summed E-state index contributed by atoms with van der Waals surface area (Å²) in [5, 5.41) is 0. The van der Waals surface area contributed by atoms with Crippen LogP contribution in [0.1, 0.15) is 28.4 Å². The third-order valence-electron chi connectivity index (χ3n) is 3.28. The van der Waals surface area contributed by atoms with Crippen LogP contribution in [0.3, 0.4) is 0 Å². The fraction of sp³-hybridized carbons (Fsp3) is 0.235. The molecule has 4 heteroatoms. The first-order chi connectivity index (χ1) is 9.99. The molecule has 2 rings (SSSR count). The van der Waals surface area contributed by atoms with E-state index in [2.05, 4.69) is 0 Å². The van der Waals surface area contributed by atoms with Gasteiger partial charge in [-0.15, -0.1) is 0 Å². The Labute approximate surface area is 124 Å². The summed E-state index contributed by atoms with van der Waals surface area (Å²) in [6.07, 6.45) is 0. The van der Waals surface area contributed by atoms with Gasteiger partial charge in [-0.2, -0.15) is 0 Å². The van der Waals surface area contributed by atoms with Crippen molar-refractivity contribution in [3.8, 4) is 0 Å². The molecule has 0 atom stereocenters. The van der Waals surface area contributed by atoms with E-state index in [0.29, 0.717) is 24.3 Å². The predicted octanol–water partition coefficient (Wildman–Crippen LogP) is 3.38. The van der Waals surface area contributed by atoms with E-state index in [1.807, 2.05) is 25.1 Å². The van der Waals surface area contributed by atoms with E-state index < -0.39 is 5.82 Å². The summed E-state index contributed by atoms with van der Waals surface area (Å²) in [7, 11) is 0.